The fourth-order valence-corrected chi connectivity index (χ4v) is 6.49. The fourth-order valence-electron chi connectivity index (χ4n) is 6.49. The first-order valence-electron chi connectivity index (χ1n) is 15.1. The number of amides is 2. The minimum atomic E-state index is -0.323. The lowest BCUT2D eigenvalue weighted by Crippen LogP contribution is -2.45. The van der Waals surface area contributed by atoms with Crippen LogP contribution in [-0.2, 0) is 14.4 Å². The standard InChI is InChI=1S/C32H47N3O6/c1-6-8-13-33(14-9-10-17-36)29(37)21-35-20-25(23-18-27(39-5)30-28(19-23)40-22-41-30)24(7-2)26(35)11-15-34-16-12-32(3,4)31(34)38/h7,17-19,24-26H,2,6,8-16,20-22H2,1,3-5H3/t24-,25-,26+/m1/s1. The third-order valence-electron chi connectivity index (χ3n) is 8.98. The zero-order valence-corrected chi connectivity index (χ0v) is 25.2. The summed E-state index contributed by atoms with van der Waals surface area (Å²) in [6, 6.07) is 4.07. The van der Waals surface area contributed by atoms with Crippen LogP contribution in [0, 0.1) is 11.3 Å². The molecular formula is C32H47N3O6. The summed E-state index contributed by atoms with van der Waals surface area (Å²) in [5.74, 6) is 2.33. The van der Waals surface area contributed by atoms with Crippen molar-refractivity contribution in [2.75, 3.05) is 53.2 Å². The first-order chi connectivity index (χ1) is 19.7. The van der Waals surface area contributed by atoms with Crippen LogP contribution in [0.2, 0.25) is 0 Å². The monoisotopic (exact) mass is 569 g/mol. The Bertz CT molecular complexity index is 1110. The molecule has 9 heteroatoms. The molecule has 0 unspecified atom stereocenters. The number of hydrogen-bond donors (Lipinski definition) is 0. The molecule has 9 nitrogen and oxygen atoms in total. The van der Waals surface area contributed by atoms with Gasteiger partial charge in [-0.15, -0.1) is 6.58 Å². The number of methoxy groups -OCH3 is 1. The van der Waals surface area contributed by atoms with E-state index in [2.05, 4.69) is 18.4 Å². The normalized spacial score (nSPS) is 23.2. The van der Waals surface area contributed by atoms with E-state index in [4.69, 9.17) is 14.2 Å². The van der Waals surface area contributed by atoms with Gasteiger partial charge < -0.3 is 28.8 Å². The van der Waals surface area contributed by atoms with Crippen LogP contribution in [-0.4, -0.2) is 92.0 Å². The number of ether oxygens (including phenoxy) is 3. The predicted octanol–water partition coefficient (Wildman–Crippen LogP) is 4.25. The lowest BCUT2D eigenvalue weighted by atomic mass is 9.84. The Morgan fingerprint density at radius 2 is 2.02 bits per heavy atom. The van der Waals surface area contributed by atoms with Crippen LogP contribution in [0.5, 0.6) is 17.2 Å². The zero-order chi connectivity index (χ0) is 29.6. The van der Waals surface area contributed by atoms with Crippen molar-refractivity contribution in [2.24, 2.45) is 11.3 Å². The maximum Gasteiger partial charge on any atom is 0.236 e. The summed E-state index contributed by atoms with van der Waals surface area (Å²) in [5.41, 5.74) is 0.735. The topological polar surface area (TPSA) is 88.6 Å². The summed E-state index contributed by atoms with van der Waals surface area (Å²) in [7, 11) is 1.62. The molecular weight excluding hydrogens is 522 g/mol. The van der Waals surface area contributed by atoms with E-state index in [1.807, 2.05) is 41.9 Å². The summed E-state index contributed by atoms with van der Waals surface area (Å²) in [5, 5.41) is 0. The van der Waals surface area contributed by atoms with Gasteiger partial charge in [0.15, 0.2) is 11.5 Å². The summed E-state index contributed by atoms with van der Waals surface area (Å²) in [6.45, 7) is 14.2. The van der Waals surface area contributed by atoms with Crippen molar-refractivity contribution in [3.8, 4) is 17.2 Å². The van der Waals surface area contributed by atoms with Gasteiger partial charge in [-0.1, -0.05) is 33.3 Å². The van der Waals surface area contributed by atoms with Gasteiger partial charge in [-0.05, 0) is 43.4 Å². The number of carbonyl (C=O) groups is 3. The van der Waals surface area contributed by atoms with E-state index < -0.39 is 0 Å². The average Bonchev–Trinajstić information content (AvgIpc) is 3.64. The molecule has 3 aliphatic rings. The summed E-state index contributed by atoms with van der Waals surface area (Å²) >= 11 is 0. The van der Waals surface area contributed by atoms with Crippen molar-refractivity contribution < 1.29 is 28.6 Å². The highest BCUT2D eigenvalue weighted by Crippen LogP contribution is 2.47. The second-order valence-corrected chi connectivity index (χ2v) is 12.1. The molecule has 1 aromatic rings. The molecule has 0 spiro atoms. The molecule has 0 bridgehead atoms. The molecule has 0 N–H and O–H groups in total. The van der Waals surface area contributed by atoms with E-state index in [-0.39, 0.29) is 48.4 Å². The van der Waals surface area contributed by atoms with Crippen molar-refractivity contribution in [3.63, 3.8) is 0 Å². The van der Waals surface area contributed by atoms with E-state index in [0.717, 1.165) is 44.1 Å². The molecule has 2 amide bonds. The van der Waals surface area contributed by atoms with Crippen LogP contribution < -0.4 is 14.2 Å². The minimum Gasteiger partial charge on any atom is -0.493 e. The summed E-state index contributed by atoms with van der Waals surface area (Å²) in [4.78, 5) is 43.8. The van der Waals surface area contributed by atoms with Gasteiger partial charge >= 0.3 is 0 Å². The molecule has 0 saturated carbocycles. The Morgan fingerprint density at radius 1 is 1.24 bits per heavy atom. The summed E-state index contributed by atoms with van der Waals surface area (Å²) in [6.07, 6.45) is 7.58. The fraction of sp³-hybridized carbons (Fsp3) is 0.656. The summed E-state index contributed by atoms with van der Waals surface area (Å²) < 4.78 is 17.0. The molecule has 1 aromatic carbocycles. The smallest absolute Gasteiger partial charge is 0.236 e. The van der Waals surface area contributed by atoms with Crippen LogP contribution in [0.4, 0.5) is 0 Å². The number of aldehydes is 1. The van der Waals surface area contributed by atoms with Crippen LogP contribution >= 0.6 is 0 Å². The van der Waals surface area contributed by atoms with E-state index in [1.165, 1.54) is 0 Å². The quantitative estimate of drug-likeness (QED) is 0.177. The van der Waals surface area contributed by atoms with Crippen LogP contribution in [0.3, 0.4) is 0 Å². The van der Waals surface area contributed by atoms with Crippen molar-refractivity contribution in [2.45, 2.75) is 71.3 Å². The van der Waals surface area contributed by atoms with Crippen LogP contribution in [0.1, 0.15) is 70.8 Å². The second-order valence-electron chi connectivity index (χ2n) is 12.1. The Balaban J connectivity index is 1.58. The Labute approximate surface area is 244 Å². The predicted molar refractivity (Wildman–Crippen MR) is 157 cm³/mol. The maximum atomic E-state index is 13.7. The largest absolute Gasteiger partial charge is 0.493 e. The Hall–Kier alpha value is -3.07. The third-order valence-corrected chi connectivity index (χ3v) is 8.98. The molecule has 0 radical (unpaired) electrons. The number of hydrogen-bond acceptors (Lipinski definition) is 7. The molecule has 0 aliphatic carbocycles. The van der Waals surface area contributed by atoms with E-state index in [1.54, 1.807) is 7.11 Å². The van der Waals surface area contributed by atoms with Gasteiger partial charge in [0.05, 0.1) is 13.7 Å². The molecule has 3 heterocycles. The van der Waals surface area contributed by atoms with Crippen LogP contribution in [0.15, 0.2) is 24.8 Å². The number of fused-ring (bicyclic) bond motifs is 1. The zero-order valence-electron chi connectivity index (χ0n) is 25.2. The molecule has 226 valence electrons. The van der Waals surface area contributed by atoms with Gasteiger partial charge in [-0.3, -0.25) is 14.5 Å². The molecule has 0 aromatic heterocycles. The van der Waals surface area contributed by atoms with E-state index in [0.29, 0.717) is 56.3 Å². The highest BCUT2D eigenvalue weighted by Gasteiger charge is 2.44. The highest BCUT2D eigenvalue weighted by molar-refractivity contribution is 5.84. The number of nitrogens with zero attached hydrogens (tertiary/aromatic N) is 3. The number of likely N-dealkylation sites (tertiary alicyclic amines) is 2. The third kappa shape index (κ3) is 6.88. The maximum absolute atomic E-state index is 13.7. The highest BCUT2D eigenvalue weighted by atomic mass is 16.7. The van der Waals surface area contributed by atoms with Gasteiger partial charge in [0.25, 0.3) is 0 Å². The lowest BCUT2D eigenvalue weighted by molar-refractivity contribution is -0.135. The van der Waals surface area contributed by atoms with Crippen molar-refractivity contribution in [1.82, 2.24) is 14.7 Å². The number of benzene rings is 1. The lowest BCUT2D eigenvalue weighted by Gasteiger charge is -2.31. The van der Waals surface area contributed by atoms with E-state index in [9.17, 15) is 14.4 Å². The number of unbranched alkanes of at least 4 members (excludes halogenated alkanes) is 2. The molecule has 2 fully saturated rings. The first-order valence-corrected chi connectivity index (χ1v) is 15.1. The molecule has 3 aliphatic heterocycles. The van der Waals surface area contributed by atoms with Crippen molar-refractivity contribution in [1.29, 1.82) is 0 Å². The molecule has 2 saturated heterocycles. The Morgan fingerprint density at radius 3 is 2.68 bits per heavy atom. The van der Waals surface area contributed by atoms with Gasteiger partial charge in [0.1, 0.15) is 6.29 Å². The van der Waals surface area contributed by atoms with Gasteiger partial charge in [-0.2, -0.15) is 0 Å². The Kier molecular flexibility index (Phi) is 10.3. The van der Waals surface area contributed by atoms with Crippen molar-refractivity contribution in [3.05, 3.63) is 30.4 Å². The molecule has 3 atom stereocenters. The average molecular weight is 570 g/mol. The molecule has 41 heavy (non-hydrogen) atoms. The van der Waals surface area contributed by atoms with Crippen LogP contribution in [0.25, 0.3) is 0 Å². The SMILES string of the molecule is C=C[C@@H]1[C@@H](c2cc(OC)c3c(c2)OCO3)CN(CC(=O)N(CCCC)CCCC=O)[C@H]1CCN1CCC(C)(C)C1=O. The minimum absolute atomic E-state index is 0.0392. The first kappa shape index (κ1) is 30.9. The number of carbonyl (C=O) groups excluding carboxylic acids is 3. The molecule has 4 rings (SSSR count). The van der Waals surface area contributed by atoms with Gasteiger partial charge in [0.2, 0.25) is 24.4 Å². The van der Waals surface area contributed by atoms with E-state index >= 15 is 0 Å². The number of rotatable bonds is 15. The second kappa shape index (κ2) is 13.7. The van der Waals surface area contributed by atoms with Gasteiger partial charge in [0, 0.05) is 62.4 Å². The van der Waals surface area contributed by atoms with Gasteiger partial charge in [-0.25, -0.2) is 0 Å². The van der Waals surface area contributed by atoms with Crippen molar-refractivity contribution >= 4 is 18.1 Å².